The first-order valence-electron chi connectivity index (χ1n) is 8.52. The van der Waals surface area contributed by atoms with Gasteiger partial charge < -0.3 is 15.5 Å². The van der Waals surface area contributed by atoms with E-state index in [1.165, 1.54) is 49.8 Å². The molecule has 3 N–H and O–H groups in total. The predicted molar refractivity (Wildman–Crippen MR) is 94.7 cm³/mol. The summed E-state index contributed by atoms with van der Waals surface area (Å²) < 4.78 is 0. The summed E-state index contributed by atoms with van der Waals surface area (Å²) >= 11 is 0. The van der Waals surface area contributed by atoms with Gasteiger partial charge in [-0.2, -0.15) is 0 Å². The molecular weight excluding hydrogens is 302 g/mol. The van der Waals surface area contributed by atoms with E-state index in [9.17, 15) is 9.90 Å². The van der Waals surface area contributed by atoms with E-state index in [-0.39, 0.29) is 11.3 Å². The maximum atomic E-state index is 10.9. The highest BCUT2D eigenvalue weighted by Gasteiger charge is 2.15. The molecule has 4 heteroatoms. The zero-order valence-corrected chi connectivity index (χ0v) is 13.7. The van der Waals surface area contributed by atoms with Crippen LogP contribution in [0.15, 0.2) is 42.5 Å². The van der Waals surface area contributed by atoms with Crippen molar-refractivity contribution in [2.75, 3.05) is 5.32 Å². The van der Waals surface area contributed by atoms with Gasteiger partial charge in [-0.3, -0.25) is 0 Å². The lowest BCUT2D eigenvalue weighted by Crippen LogP contribution is -2.05. The molecule has 2 aromatic rings. The van der Waals surface area contributed by atoms with E-state index >= 15 is 0 Å². The van der Waals surface area contributed by atoms with Gasteiger partial charge in [-0.25, -0.2) is 4.79 Å². The first kappa shape index (κ1) is 16.4. The minimum atomic E-state index is -1.13. The number of hydrogen-bond donors (Lipinski definition) is 3. The molecule has 0 heterocycles. The van der Waals surface area contributed by atoms with Crippen LogP contribution < -0.4 is 5.32 Å². The van der Waals surface area contributed by atoms with Crippen molar-refractivity contribution in [3.63, 3.8) is 0 Å². The van der Waals surface area contributed by atoms with Crippen LogP contribution in [0.4, 0.5) is 5.69 Å². The second-order valence-corrected chi connectivity index (χ2v) is 6.47. The molecule has 2 aromatic carbocycles. The van der Waals surface area contributed by atoms with Gasteiger partial charge >= 0.3 is 5.97 Å². The Balaban J connectivity index is 1.60. The second kappa shape index (κ2) is 7.39. The standard InChI is InChI=1S/C20H23NO3/c22-19-12-17(10-11-18(19)20(23)24)21-13-14-6-8-16(9-7-14)15-4-2-1-3-5-15/h6-12,15,21-22H,1-5,13H2,(H,23,24). The molecule has 0 unspecified atom stereocenters. The van der Waals surface area contributed by atoms with Gasteiger partial charge in [-0.1, -0.05) is 43.5 Å². The largest absolute Gasteiger partial charge is 0.507 e. The SMILES string of the molecule is O=C(O)c1ccc(NCc2ccc(C3CCCCC3)cc2)cc1O. The first-order chi connectivity index (χ1) is 11.6. The molecule has 0 spiro atoms. The number of aromatic hydroxyl groups is 1. The number of benzene rings is 2. The van der Waals surface area contributed by atoms with Crippen molar-refractivity contribution in [3.05, 3.63) is 59.2 Å². The molecule has 0 atom stereocenters. The number of nitrogens with one attached hydrogen (secondary N) is 1. The number of aromatic carboxylic acids is 1. The minimum Gasteiger partial charge on any atom is -0.507 e. The summed E-state index contributed by atoms with van der Waals surface area (Å²) in [4.78, 5) is 10.9. The lowest BCUT2D eigenvalue weighted by molar-refractivity contribution is 0.0694. The fourth-order valence-corrected chi connectivity index (χ4v) is 3.37. The molecular formula is C20H23NO3. The average Bonchev–Trinajstić information content (AvgIpc) is 2.61. The van der Waals surface area contributed by atoms with Crippen LogP contribution in [0.25, 0.3) is 0 Å². The first-order valence-corrected chi connectivity index (χ1v) is 8.52. The van der Waals surface area contributed by atoms with Crippen molar-refractivity contribution in [1.82, 2.24) is 0 Å². The molecule has 0 bridgehead atoms. The van der Waals surface area contributed by atoms with E-state index in [0.29, 0.717) is 18.2 Å². The Morgan fingerprint density at radius 2 is 1.75 bits per heavy atom. The van der Waals surface area contributed by atoms with Gasteiger partial charge in [0.15, 0.2) is 0 Å². The van der Waals surface area contributed by atoms with Crippen molar-refractivity contribution in [2.24, 2.45) is 0 Å². The average molecular weight is 325 g/mol. The fourth-order valence-electron chi connectivity index (χ4n) is 3.37. The quantitative estimate of drug-likeness (QED) is 0.742. The summed E-state index contributed by atoms with van der Waals surface area (Å²) in [6.45, 7) is 0.636. The number of hydrogen-bond acceptors (Lipinski definition) is 3. The maximum absolute atomic E-state index is 10.9. The molecule has 0 radical (unpaired) electrons. The third kappa shape index (κ3) is 3.88. The van der Waals surface area contributed by atoms with Gasteiger partial charge in [-0.15, -0.1) is 0 Å². The molecule has 24 heavy (non-hydrogen) atoms. The summed E-state index contributed by atoms with van der Waals surface area (Å²) in [6, 6.07) is 13.2. The van der Waals surface area contributed by atoms with Crippen molar-refractivity contribution in [1.29, 1.82) is 0 Å². The van der Waals surface area contributed by atoms with Crippen molar-refractivity contribution in [2.45, 2.75) is 44.6 Å². The summed E-state index contributed by atoms with van der Waals surface area (Å²) in [5, 5.41) is 21.9. The highest BCUT2D eigenvalue weighted by Crippen LogP contribution is 2.32. The van der Waals surface area contributed by atoms with Gasteiger partial charge in [0.05, 0.1) is 0 Å². The summed E-state index contributed by atoms with van der Waals surface area (Å²) in [5.74, 6) is -0.640. The molecule has 0 aliphatic heterocycles. The van der Waals surface area contributed by atoms with Crippen LogP contribution in [0, 0.1) is 0 Å². The van der Waals surface area contributed by atoms with Crippen LogP contribution >= 0.6 is 0 Å². The Bertz CT molecular complexity index is 703. The molecule has 4 nitrogen and oxygen atoms in total. The Morgan fingerprint density at radius 1 is 1.04 bits per heavy atom. The van der Waals surface area contributed by atoms with Crippen molar-refractivity contribution < 1.29 is 15.0 Å². The normalized spacial score (nSPS) is 15.2. The van der Waals surface area contributed by atoms with Crippen LogP contribution in [0.5, 0.6) is 5.75 Å². The van der Waals surface area contributed by atoms with E-state index in [0.717, 1.165) is 5.56 Å². The third-order valence-corrected chi connectivity index (χ3v) is 4.78. The van der Waals surface area contributed by atoms with E-state index in [1.807, 2.05) is 0 Å². The zero-order valence-electron chi connectivity index (χ0n) is 13.7. The number of carboxylic acid groups (broad SMARTS) is 1. The summed E-state index contributed by atoms with van der Waals surface area (Å²) in [7, 11) is 0. The smallest absolute Gasteiger partial charge is 0.339 e. The van der Waals surface area contributed by atoms with Gasteiger partial charge in [-0.05, 0) is 42.0 Å². The summed E-state index contributed by atoms with van der Waals surface area (Å²) in [6.07, 6.45) is 6.64. The number of anilines is 1. The monoisotopic (exact) mass is 325 g/mol. The van der Waals surface area contributed by atoms with Crippen LogP contribution in [-0.4, -0.2) is 16.2 Å². The number of carboxylic acids is 1. The Labute approximate surface area is 142 Å². The molecule has 1 aliphatic rings. The fraction of sp³-hybridized carbons (Fsp3) is 0.350. The molecule has 126 valence electrons. The summed E-state index contributed by atoms with van der Waals surface area (Å²) in [5.41, 5.74) is 3.21. The van der Waals surface area contributed by atoms with Gasteiger partial charge in [0.1, 0.15) is 11.3 Å². The van der Waals surface area contributed by atoms with Crippen LogP contribution in [0.1, 0.15) is 59.5 Å². The Kier molecular flexibility index (Phi) is 5.04. The molecule has 0 aromatic heterocycles. The van der Waals surface area contributed by atoms with E-state index in [4.69, 9.17) is 5.11 Å². The van der Waals surface area contributed by atoms with Crippen LogP contribution in [0.2, 0.25) is 0 Å². The molecule has 1 aliphatic carbocycles. The van der Waals surface area contributed by atoms with Gasteiger partial charge in [0.2, 0.25) is 0 Å². The zero-order chi connectivity index (χ0) is 16.9. The predicted octanol–water partition coefficient (Wildman–Crippen LogP) is 4.75. The molecule has 0 amide bonds. The molecule has 0 saturated heterocycles. The number of carbonyl (C=O) groups is 1. The molecule has 1 saturated carbocycles. The highest BCUT2D eigenvalue weighted by molar-refractivity contribution is 5.91. The van der Waals surface area contributed by atoms with Gasteiger partial charge in [0.25, 0.3) is 0 Å². The van der Waals surface area contributed by atoms with Crippen LogP contribution in [-0.2, 0) is 6.54 Å². The Morgan fingerprint density at radius 3 is 2.38 bits per heavy atom. The minimum absolute atomic E-state index is 0.0858. The van der Waals surface area contributed by atoms with E-state index < -0.39 is 5.97 Å². The molecule has 3 rings (SSSR count). The third-order valence-electron chi connectivity index (χ3n) is 4.78. The highest BCUT2D eigenvalue weighted by atomic mass is 16.4. The van der Waals surface area contributed by atoms with Crippen molar-refractivity contribution in [3.8, 4) is 5.75 Å². The maximum Gasteiger partial charge on any atom is 0.339 e. The number of phenols is 1. The Hall–Kier alpha value is -2.49. The van der Waals surface area contributed by atoms with E-state index in [2.05, 4.69) is 29.6 Å². The second-order valence-electron chi connectivity index (χ2n) is 6.47. The van der Waals surface area contributed by atoms with Crippen molar-refractivity contribution >= 4 is 11.7 Å². The lowest BCUT2D eigenvalue weighted by Gasteiger charge is -2.22. The van der Waals surface area contributed by atoms with Gasteiger partial charge in [0, 0.05) is 18.3 Å². The van der Waals surface area contributed by atoms with Crippen LogP contribution in [0.3, 0.4) is 0 Å². The lowest BCUT2D eigenvalue weighted by atomic mass is 9.84. The number of rotatable bonds is 5. The van der Waals surface area contributed by atoms with E-state index in [1.54, 1.807) is 6.07 Å². The molecule has 1 fully saturated rings. The topological polar surface area (TPSA) is 69.6 Å².